The number of hydrogen-bond donors (Lipinski definition) is 2. The number of anilines is 1. The van der Waals surface area contributed by atoms with Crippen LogP contribution in [0.25, 0.3) is 0 Å². The van der Waals surface area contributed by atoms with Crippen LogP contribution in [0.3, 0.4) is 0 Å². The SMILES string of the molecule is CC(C)NC(=O)CN(C)C(=O)C1CCNc2ccccc21. The molecule has 0 saturated carbocycles. The highest BCUT2D eigenvalue weighted by Crippen LogP contribution is 2.32. The van der Waals surface area contributed by atoms with Gasteiger partial charge in [-0.05, 0) is 31.9 Å². The summed E-state index contributed by atoms with van der Waals surface area (Å²) in [7, 11) is 1.69. The van der Waals surface area contributed by atoms with Crippen molar-refractivity contribution >= 4 is 17.5 Å². The first-order chi connectivity index (χ1) is 9.99. The minimum absolute atomic E-state index is 0.00264. The van der Waals surface area contributed by atoms with Crippen molar-refractivity contribution in [3.8, 4) is 0 Å². The van der Waals surface area contributed by atoms with Crippen LogP contribution in [0.2, 0.25) is 0 Å². The Morgan fingerprint density at radius 1 is 1.38 bits per heavy atom. The molecule has 1 atom stereocenters. The molecule has 1 aromatic carbocycles. The summed E-state index contributed by atoms with van der Waals surface area (Å²) in [6.07, 6.45) is 0.756. The maximum Gasteiger partial charge on any atom is 0.239 e. The van der Waals surface area contributed by atoms with Gasteiger partial charge in [-0.25, -0.2) is 0 Å². The van der Waals surface area contributed by atoms with E-state index in [1.54, 1.807) is 7.05 Å². The quantitative estimate of drug-likeness (QED) is 0.884. The largest absolute Gasteiger partial charge is 0.385 e. The number of carbonyl (C=O) groups is 2. The number of rotatable bonds is 4. The van der Waals surface area contributed by atoms with Crippen LogP contribution in [-0.2, 0) is 9.59 Å². The zero-order valence-electron chi connectivity index (χ0n) is 12.8. The Morgan fingerprint density at radius 3 is 2.81 bits per heavy atom. The third-order valence-corrected chi connectivity index (χ3v) is 3.59. The first kappa shape index (κ1) is 15.4. The minimum Gasteiger partial charge on any atom is -0.385 e. The molecule has 0 radical (unpaired) electrons. The van der Waals surface area contributed by atoms with Crippen LogP contribution in [0.4, 0.5) is 5.69 Å². The van der Waals surface area contributed by atoms with Crippen LogP contribution < -0.4 is 10.6 Å². The normalized spacial score (nSPS) is 16.9. The Kier molecular flexibility index (Phi) is 4.83. The zero-order valence-corrected chi connectivity index (χ0v) is 12.8. The average Bonchev–Trinajstić information content (AvgIpc) is 2.44. The van der Waals surface area contributed by atoms with Gasteiger partial charge in [0, 0.05) is 25.3 Å². The van der Waals surface area contributed by atoms with Gasteiger partial charge < -0.3 is 15.5 Å². The van der Waals surface area contributed by atoms with E-state index in [-0.39, 0.29) is 30.3 Å². The third-order valence-electron chi connectivity index (χ3n) is 3.59. The average molecular weight is 289 g/mol. The molecule has 5 heteroatoms. The third kappa shape index (κ3) is 3.74. The summed E-state index contributed by atoms with van der Waals surface area (Å²) in [6, 6.07) is 7.95. The molecule has 0 spiro atoms. The molecule has 1 aromatic rings. The molecule has 2 N–H and O–H groups in total. The summed E-state index contributed by atoms with van der Waals surface area (Å²) >= 11 is 0. The lowest BCUT2D eigenvalue weighted by Gasteiger charge is -2.29. The lowest BCUT2D eigenvalue weighted by atomic mass is 9.90. The van der Waals surface area contributed by atoms with Crippen molar-refractivity contribution in [1.82, 2.24) is 10.2 Å². The number of benzene rings is 1. The number of carbonyl (C=O) groups excluding carboxylic acids is 2. The number of fused-ring (bicyclic) bond motifs is 1. The Balaban J connectivity index is 2.05. The summed E-state index contributed by atoms with van der Waals surface area (Å²) in [4.78, 5) is 25.9. The molecular weight excluding hydrogens is 266 g/mol. The van der Waals surface area contributed by atoms with Crippen LogP contribution in [0.5, 0.6) is 0 Å². The van der Waals surface area contributed by atoms with Gasteiger partial charge in [-0.3, -0.25) is 9.59 Å². The molecule has 1 unspecified atom stereocenters. The van der Waals surface area contributed by atoms with Crippen molar-refractivity contribution in [1.29, 1.82) is 0 Å². The number of nitrogens with one attached hydrogen (secondary N) is 2. The van der Waals surface area contributed by atoms with Gasteiger partial charge in [0.05, 0.1) is 12.5 Å². The van der Waals surface area contributed by atoms with Crippen LogP contribution in [-0.4, -0.2) is 42.9 Å². The molecule has 2 rings (SSSR count). The highest BCUT2D eigenvalue weighted by Gasteiger charge is 2.29. The van der Waals surface area contributed by atoms with E-state index in [0.29, 0.717) is 0 Å². The Morgan fingerprint density at radius 2 is 2.10 bits per heavy atom. The van der Waals surface area contributed by atoms with Crippen molar-refractivity contribution in [2.24, 2.45) is 0 Å². The molecule has 0 aliphatic carbocycles. The van der Waals surface area contributed by atoms with E-state index in [0.717, 1.165) is 24.2 Å². The van der Waals surface area contributed by atoms with Crippen molar-refractivity contribution in [3.05, 3.63) is 29.8 Å². The van der Waals surface area contributed by atoms with Crippen molar-refractivity contribution in [3.63, 3.8) is 0 Å². The van der Waals surface area contributed by atoms with Gasteiger partial charge in [0.2, 0.25) is 11.8 Å². The highest BCUT2D eigenvalue weighted by atomic mass is 16.2. The van der Waals surface area contributed by atoms with E-state index in [1.807, 2.05) is 38.1 Å². The lowest BCUT2D eigenvalue weighted by molar-refractivity contribution is -0.136. The number of amides is 2. The van der Waals surface area contributed by atoms with E-state index < -0.39 is 0 Å². The molecule has 114 valence electrons. The van der Waals surface area contributed by atoms with Crippen LogP contribution in [0.1, 0.15) is 31.7 Å². The van der Waals surface area contributed by atoms with Gasteiger partial charge in [-0.15, -0.1) is 0 Å². The molecule has 1 aliphatic rings. The lowest BCUT2D eigenvalue weighted by Crippen LogP contribution is -2.43. The second kappa shape index (κ2) is 6.61. The standard InChI is InChI=1S/C16H23N3O2/c1-11(2)18-15(20)10-19(3)16(21)13-8-9-17-14-7-5-4-6-12(13)14/h4-7,11,13,17H,8-10H2,1-3H3,(H,18,20). The number of hydrogen-bond acceptors (Lipinski definition) is 3. The van der Waals surface area contributed by atoms with Crippen LogP contribution in [0.15, 0.2) is 24.3 Å². The summed E-state index contributed by atoms with van der Waals surface area (Å²) < 4.78 is 0. The molecule has 0 aromatic heterocycles. The van der Waals surface area contributed by atoms with E-state index >= 15 is 0 Å². The summed E-state index contributed by atoms with van der Waals surface area (Å²) in [5.74, 6) is -0.287. The fourth-order valence-electron chi connectivity index (χ4n) is 2.65. The van der Waals surface area contributed by atoms with Crippen molar-refractivity contribution < 1.29 is 9.59 Å². The Hall–Kier alpha value is -2.04. The van der Waals surface area contributed by atoms with Crippen molar-refractivity contribution in [2.75, 3.05) is 25.5 Å². The van der Waals surface area contributed by atoms with Crippen molar-refractivity contribution in [2.45, 2.75) is 32.2 Å². The van der Waals surface area contributed by atoms with E-state index in [2.05, 4.69) is 10.6 Å². The number of likely N-dealkylation sites (N-methyl/N-ethyl adjacent to an activating group) is 1. The number of nitrogens with zero attached hydrogens (tertiary/aromatic N) is 1. The smallest absolute Gasteiger partial charge is 0.239 e. The van der Waals surface area contributed by atoms with Gasteiger partial charge in [0.25, 0.3) is 0 Å². The molecule has 0 fully saturated rings. The fourth-order valence-corrected chi connectivity index (χ4v) is 2.65. The molecule has 5 nitrogen and oxygen atoms in total. The van der Waals surface area contributed by atoms with Gasteiger partial charge in [0.15, 0.2) is 0 Å². The van der Waals surface area contributed by atoms with E-state index in [1.165, 1.54) is 4.90 Å². The molecule has 2 amide bonds. The molecule has 21 heavy (non-hydrogen) atoms. The molecule has 0 saturated heterocycles. The fraction of sp³-hybridized carbons (Fsp3) is 0.500. The van der Waals surface area contributed by atoms with Crippen LogP contribution in [0, 0.1) is 0 Å². The predicted octanol–water partition coefficient (Wildman–Crippen LogP) is 1.57. The van der Waals surface area contributed by atoms with Gasteiger partial charge in [-0.2, -0.15) is 0 Å². The summed E-state index contributed by atoms with van der Waals surface area (Å²) in [5.41, 5.74) is 2.03. The molecule has 1 aliphatic heterocycles. The minimum atomic E-state index is -0.167. The maximum absolute atomic E-state index is 12.6. The zero-order chi connectivity index (χ0) is 15.4. The Labute approximate surface area is 125 Å². The van der Waals surface area contributed by atoms with E-state index in [4.69, 9.17) is 0 Å². The summed E-state index contributed by atoms with van der Waals surface area (Å²) in [6.45, 7) is 4.69. The van der Waals surface area contributed by atoms with Gasteiger partial charge >= 0.3 is 0 Å². The monoisotopic (exact) mass is 289 g/mol. The topological polar surface area (TPSA) is 61.4 Å². The van der Waals surface area contributed by atoms with Gasteiger partial charge in [-0.1, -0.05) is 18.2 Å². The van der Waals surface area contributed by atoms with Crippen LogP contribution >= 0.6 is 0 Å². The second-order valence-corrected chi connectivity index (χ2v) is 5.77. The maximum atomic E-state index is 12.6. The molecule has 0 bridgehead atoms. The summed E-state index contributed by atoms with van der Waals surface area (Å²) in [5, 5.41) is 6.11. The first-order valence-corrected chi connectivity index (χ1v) is 7.36. The predicted molar refractivity (Wildman–Crippen MR) is 83.2 cm³/mol. The number of para-hydroxylation sites is 1. The molecule has 1 heterocycles. The Bertz CT molecular complexity index is 528. The van der Waals surface area contributed by atoms with E-state index in [9.17, 15) is 9.59 Å². The molecular formula is C16H23N3O2. The first-order valence-electron chi connectivity index (χ1n) is 7.36. The highest BCUT2D eigenvalue weighted by molar-refractivity contribution is 5.90. The van der Waals surface area contributed by atoms with Gasteiger partial charge in [0.1, 0.15) is 0 Å². The second-order valence-electron chi connectivity index (χ2n) is 5.77.